The largest absolute Gasteiger partial charge is 0.480 e. The van der Waals surface area contributed by atoms with Gasteiger partial charge in [0.25, 0.3) is 0 Å². The van der Waals surface area contributed by atoms with Crippen LogP contribution in [0.4, 0.5) is 5.69 Å². The molecule has 1 aromatic carbocycles. The number of nitrogens with zero attached hydrogens (tertiary/aromatic N) is 1. The highest BCUT2D eigenvalue weighted by Crippen LogP contribution is 2.38. The van der Waals surface area contributed by atoms with Gasteiger partial charge in [0.1, 0.15) is 6.04 Å². The minimum atomic E-state index is -0.924. The molecule has 2 unspecified atom stereocenters. The van der Waals surface area contributed by atoms with Crippen molar-refractivity contribution in [1.82, 2.24) is 0 Å². The molecule has 1 aliphatic rings. The molecule has 0 radical (unpaired) electrons. The third kappa shape index (κ3) is 2.00. The fraction of sp³-hybridized carbons (Fsp3) is 0.462. The van der Waals surface area contributed by atoms with E-state index in [1.807, 2.05) is 32.2 Å². The molecule has 0 saturated carbocycles. The van der Waals surface area contributed by atoms with Gasteiger partial charge in [-0.05, 0) is 24.5 Å². The predicted molar refractivity (Wildman–Crippen MR) is 67.4 cm³/mol. The molecular weight excluding hydrogens is 216 g/mol. The number of aryl methyl sites for hydroxylation is 1. The van der Waals surface area contributed by atoms with Crippen molar-refractivity contribution in [3.05, 3.63) is 29.3 Å². The topological polar surface area (TPSA) is 66.6 Å². The Hall–Kier alpha value is -1.55. The van der Waals surface area contributed by atoms with Gasteiger partial charge in [-0.3, -0.25) is 4.79 Å². The van der Waals surface area contributed by atoms with Crippen LogP contribution < -0.4 is 10.6 Å². The summed E-state index contributed by atoms with van der Waals surface area (Å²) in [6.45, 7) is 2.90. The third-order valence-corrected chi connectivity index (χ3v) is 3.54. The summed E-state index contributed by atoms with van der Waals surface area (Å²) >= 11 is 0. The Morgan fingerprint density at radius 2 is 2.29 bits per heavy atom. The molecule has 3 N–H and O–H groups in total. The molecule has 0 aliphatic carbocycles. The van der Waals surface area contributed by atoms with Gasteiger partial charge >= 0.3 is 5.97 Å². The number of carbonyl (C=O) groups is 1. The lowest BCUT2D eigenvalue weighted by molar-refractivity contribution is -0.139. The van der Waals surface area contributed by atoms with Gasteiger partial charge in [0.2, 0.25) is 0 Å². The molecule has 4 nitrogen and oxygen atoms in total. The summed E-state index contributed by atoms with van der Waals surface area (Å²) < 4.78 is 0. The smallest absolute Gasteiger partial charge is 0.321 e. The summed E-state index contributed by atoms with van der Waals surface area (Å²) in [5, 5.41) is 9.06. The number of nitrogens with two attached hydrogens (primary N) is 1. The number of carboxylic acids is 1. The van der Waals surface area contributed by atoms with E-state index in [0.717, 1.165) is 24.2 Å². The fourth-order valence-electron chi connectivity index (χ4n) is 2.65. The Kier molecular flexibility index (Phi) is 3.07. The Morgan fingerprint density at radius 1 is 1.59 bits per heavy atom. The summed E-state index contributed by atoms with van der Waals surface area (Å²) in [4.78, 5) is 13.2. The highest BCUT2D eigenvalue weighted by molar-refractivity contribution is 5.76. The molecule has 0 bridgehead atoms. The zero-order chi connectivity index (χ0) is 12.6. The normalized spacial score (nSPS) is 20.9. The van der Waals surface area contributed by atoms with Crippen LogP contribution in [0.2, 0.25) is 0 Å². The average Bonchev–Trinajstić information content (AvgIpc) is 2.28. The molecule has 1 heterocycles. The molecule has 2 atom stereocenters. The van der Waals surface area contributed by atoms with E-state index in [0.29, 0.717) is 0 Å². The number of hydrogen-bond acceptors (Lipinski definition) is 3. The second-order valence-corrected chi connectivity index (χ2v) is 4.69. The summed E-state index contributed by atoms with van der Waals surface area (Å²) in [6.07, 6.45) is 0.792. The number of benzene rings is 1. The molecule has 92 valence electrons. The van der Waals surface area contributed by atoms with Crippen LogP contribution in [0.1, 0.15) is 23.5 Å². The third-order valence-electron chi connectivity index (χ3n) is 3.54. The Balaban J connectivity index is 2.46. The monoisotopic (exact) mass is 234 g/mol. The molecule has 0 fully saturated rings. The van der Waals surface area contributed by atoms with Crippen LogP contribution in [-0.4, -0.2) is 30.7 Å². The quantitative estimate of drug-likeness (QED) is 0.810. The maximum atomic E-state index is 11.0. The first-order valence-electron chi connectivity index (χ1n) is 5.81. The second-order valence-electron chi connectivity index (χ2n) is 4.69. The zero-order valence-electron chi connectivity index (χ0n) is 10.2. The highest BCUT2D eigenvalue weighted by atomic mass is 16.4. The van der Waals surface area contributed by atoms with Crippen LogP contribution in [0.25, 0.3) is 0 Å². The number of anilines is 1. The van der Waals surface area contributed by atoms with Crippen LogP contribution in [-0.2, 0) is 4.79 Å². The SMILES string of the molecule is Cc1cccc2c1N(C)CCC2C(N)C(=O)O. The number of para-hydroxylation sites is 1. The molecule has 17 heavy (non-hydrogen) atoms. The molecule has 1 aromatic rings. The van der Waals surface area contributed by atoms with Crippen LogP contribution in [0.15, 0.2) is 18.2 Å². The fourth-order valence-corrected chi connectivity index (χ4v) is 2.65. The average molecular weight is 234 g/mol. The lowest BCUT2D eigenvalue weighted by Crippen LogP contribution is -2.41. The zero-order valence-corrected chi connectivity index (χ0v) is 10.2. The van der Waals surface area contributed by atoms with E-state index in [2.05, 4.69) is 4.90 Å². The van der Waals surface area contributed by atoms with Gasteiger partial charge in [0.15, 0.2) is 0 Å². The van der Waals surface area contributed by atoms with Gasteiger partial charge < -0.3 is 15.7 Å². The van der Waals surface area contributed by atoms with Gasteiger partial charge in [-0.15, -0.1) is 0 Å². The Morgan fingerprint density at radius 3 is 2.94 bits per heavy atom. The number of fused-ring (bicyclic) bond motifs is 1. The summed E-state index contributed by atoms with van der Waals surface area (Å²) in [5.74, 6) is -1.01. The second kappa shape index (κ2) is 4.37. The van der Waals surface area contributed by atoms with Crippen LogP contribution in [0, 0.1) is 6.92 Å². The van der Waals surface area contributed by atoms with Gasteiger partial charge in [0.05, 0.1) is 0 Å². The van der Waals surface area contributed by atoms with E-state index >= 15 is 0 Å². The van der Waals surface area contributed by atoms with Crippen molar-refractivity contribution < 1.29 is 9.90 Å². The van der Waals surface area contributed by atoms with Crippen molar-refractivity contribution >= 4 is 11.7 Å². The lowest BCUT2D eigenvalue weighted by Gasteiger charge is -2.35. The van der Waals surface area contributed by atoms with Crippen molar-refractivity contribution in [1.29, 1.82) is 0 Å². The molecular formula is C13H18N2O2. The van der Waals surface area contributed by atoms with Crippen LogP contribution in [0.3, 0.4) is 0 Å². The van der Waals surface area contributed by atoms with Gasteiger partial charge in [-0.25, -0.2) is 0 Å². The Labute approximate surface area is 101 Å². The van der Waals surface area contributed by atoms with E-state index in [1.165, 1.54) is 5.56 Å². The van der Waals surface area contributed by atoms with E-state index < -0.39 is 12.0 Å². The van der Waals surface area contributed by atoms with Crippen LogP contribution in [0.5, 0.6) is 0 Å². The minimum absolute atomic E-state index is 0.0846. The predicted octanol–water partition coefficient (Wildman–Crippen LogP) is 1.33. The van der Waals surface area contributed by atoms with Crippen molar-refractivity contribution in [3.63, 3.8) is 0 Å². The molecule has 0 amide bonds. The lowest BCUT2D eigenvalue weighted by atomic mass is 9.83. The van der Waals surface area contributed by atoms with Crippen molar-refractivity contribution in [2.75, 3.05) is 18.5 Å². The first kappa shape index (κ1) is 11.9. The molecule has 0 spiro atoms. The maximum absolute atomic E-state index is 11.0. The van der Waals surface area contributed by atoms with E-state index in [1.54, 1.807) is 0 Å². The number of hydrogen-bond donors (Lipinski definition) is 2. The molecule has 4 heteroatoms. The van der Waals surface area contributed by atoms with E-state index in [-0.39, 0.29) is 5.92 Å². The molecule has 1 aliphatic heterocycles. The number of aliphatic carboxylic acids is 1. The standard InChI is InChI=1S/C13H18N2O2/c1-8-4-3-5-10-9(11(14)13(16)17)6-7-15(2)12(8)10/h3-5,9,11H,6-7,14H2,1-2H3,(H,16,17). The van der Waals surface area contributed by atoms with Crippen molar-refractivity contribution in [2.24, 2.45) is 5.73 Å². The summed E-state index contributed by atoms with van der Waals surface area (Å²) in [6, 6.07) is 5.19. The van der Waals surface area contributed by atoms with Gasteiger partial charge in [-0.1, -0.05) is 18.2 Å². The first-order valence-corrected chi connectivity index (χ1v) is 5.81. The van der Waals surface area contributed by atoms with Crippen LogP contribution >= 0.6 is 0 Å². The minimum Gasteiger partial charge on any atom is -0.480 e. The molecule has 0 saturated heterocycles. The van der Waals surface area contributed by atoms with E-state index in [4.69, 9.17) is 10.8 Å². The maximum Gasteiger partial charge on any atom is 0.321 e. The first-order chi connectivity index (χ1) is 8.02. The number of carboxylic acid groups (broad SMARTS) is 1. The highest BCUT2D eigenvalue weighted by Gasteiger charge is 2.32. The van der Waals surface area contributed by atoms with Crippen molar-refractivity contribution in [3.8, 4) is 0 Å². The summed E-state index contributed by atoms with van der Waals surface area (Å²) in [5.41, 5.74) is 9.16. The van der Waals surface area contributed by atoms with Crippen molar-refractivity contribution in [2.45, 2.75) is 25.3 Å². The molecule has 0 aromatic heterocycles. The number of rotatable bonds is 2. The van der Waals surface area contributed by atoms with Gasteiger partial charge in [0, 0.05) is 25.2 Å². The molecule has 2 rings (SSSR count). The summed E-state index contributed by atoms with van der Waals surface area (Å²) in [7, 11) is 2.04. The Bertz CT molecular complexity index is 445. The van der Waals surface area contributed by atoms with E-state index in [9.17, 15) is 4.79 Å². The van der Waals surface area contributed by atoms with Gasteiger partial charge in [-0.2, -0.15) is 0 Å².